The Bertz CT molecular complexity index is 608. The van der Waals surface area contributed by atoms with E-state index in [0.29, 0.717) is 17.9 Å². The van der Waals surface area contributed by atoms with Gasteiger partial charge in [0.2, 0.25) is 0 Å². The molecule has 0 amide bonds. The van der Waals surface area contributed by atoms with E-state index in [2.05, 4.69) is 5.10 Å². The average molecular weight is 290 g/mol. The Morgan fingerprint density at radius 3 is 2.62 bits per heavy atom. The quantitative estimate of drug-likeness (QED) is 0.888. The van der Waals surface area contributed by atoms with Crippen LogP contribution in [0.5, 0.6) is 11.5 Å². The first kappa shape index (κ1) is 15.4. The number of methoxy groups -OCH3 is 2. The number of aliphatic hydroxyl groups excluding tert-OH is 1. The fourth-order valence-electron chi connectivity index (χ4n) is 2.45. The number of hydrogen-bond acceptors (Lipinski definition) is 4. The second-order valence-electron chi connectivity index (χ2n) is 4.92. The van der Waals surface area contributed by atoms with Gasteiger partial charge >= 0.3 is 0 Å². The Morgan fingerprint density at radius 1 is 1.24 bits per heavy atom. The van der Waals surface area contributed by atoms with Crippen molar-refractivity contribution in [3.05, 3.63) is 41.2 Å². The Morgan fingerprint density at radius 2 is 2.00 bits per heavy atom. The second-order valence-corrected chi connectivity index (χ2v) is 4.92. The lowest BCUT2D eigenvalue weighted by Crippen LogP contribution is -2.09. The number of aromatic nitrogens is 2. The first-order valence-corrected chi connectivity index (χ1v) is 7.02. The molecule has 21 heavy (non-hydrogen) atoms. The van der Waals surface area contributed by atoms with Crippen LogP contribution in [-0.4, -0.2) is 29.1 Å². The van der Waals surface area contributed by atoms with Crippen LogP contribution >= 0.6 is 0 Å². The molecule has 1 aromatic heterocycles. The molecule has 0 spiro atoms. The van der Waals surface area contributed by atoms with Gasteiger partial charge in [0, 0.05) is 24.2 Å². The molecule has 0 bridgehead atoms. The van der Waals surface area contributed by atoms with E-state index in [9.17, 15) is 5.11 Å². The molecule has 0 saturated heterocycles. The molecule has 0 aliphatic carbocycles. The molecular weight excluding hydrogens is 268 g/mol. The third kappa shape index (κ3) is 3.36. The molecule has 0 aliphatic rings. The molecule has 114 valence electrons. The summed E-state index contributed by atoms with van der Waals surface area (Å²) < 4.78 is 12.5. The number of rotatable bonds is 6. The predicted molar refractivity (Wildman–Crippen MR) is 80.8 cm³/mol. The number of aliphatic hydroxyl groups is 1. The average Bonchev–Trinajstić information content (AvgIpc) is 2.86. The molecule has 5 heteroatoms. The lowest BCUT2D eigenvalue weighted by atomic mass is 10.0. The second kappa shape index (κ2) is 6.63. The normalized spacial score (nSPS) is 12.2. The van der Waals surface area contributed by atoms with Crippen molar-refractivity contribution in [3.8, 4) is 11.5 Å². The maximum atomic E-state index is 10.6. The van der Waals surface area contributed by atoms with Crippen molar-refractivity contribution in [3.63, 3.8) is 0 Å². The Hall–Kier alpha value is -2.01. The van der Waals surface area contributed by atoms with Crippen LogP contribution in [0.4, 0.5) is 0 Å². The van der Waals surface area contributed by atoms with Crippen LogP contribution in [0.3, 0.4) is 0 Å². The van der Waals surface area contributed by atoms with Gasteiger partial charge in [-0.3, -0.25) is 4.68 Å². The Kier molecular flexibility index (Phi) is 4.85. The lowest BCUT2D eigenvalue weighted by molar-refractivity contribution is 0.170. The van der Waals surface area contributed by atoms with E-state index in [1.54, 1.807) is 20.3 Å². The van der Waals surface area contributed by atoms with Gasteiger partial charge in [-0.1, -0.05) is 0 Å². The zero-order valence-electron chi connectivity index (χ0n) is 13.0. The molecule has 2 aromatic rings. The van der Waals surface area contributed by atoms with Crippen molar-refractivity contribution < 1.29 is 14.6 Å². The van der Waals surface area contributed by atoms with Crippen LogP contribution in [0.1, 0.15) is 30.0 Å². The largest absolute Gasteiger partial charge is 0.497 e. The maximum absolute atomic E-state index is 10.6. The van der Waals surface area contributed by atoms with Gasteiger partial charge in [0.1, 0.15) is 11.5 Å². The van der Waals surface area contributed by atoms with E-state index in [4.69, 9.17) is 9.47 Å². The molecule has 0 radical (unpaired) electrons. The molecule has 0 saturated carbocycles. The summed E-state index contributed by atoms with van der Waals surface area (Å²) in [6, 6.07) is 7.43. The topological polar surface area (TPSA) is 56.5 Å². The summed E-state index contributed by atoms with van der Waals surface area (Å²) in [5.74, 6) is 1.35. The zero-order chi connectivity index (χ0) is 15.4. The van der Waals surface area contributed by atoms with Gasteiger partial charge in [0.05, 0.1) is 26.0 Å². The highest BCUT2D eigenvalue weighted by molar-refractivity contribution is 5.42. The first-order valence-electron chi connectivity index (χ1n) is 7.02. The Balaban J connectivity index is 2.28. The van der Waals surface area contributed by atoms with Crippen molar-refractivity contribution >= 4 is 0 Å². The fourth-order valence-corrected chi connectivity index (χ4v) is 2.45. The summed E-state index contributed by atoms with van der Waals surface area (Å²) in [5, 5.41) is 15.0. The van der Waals surface area contributed by atoms with Gasteiger partial charge < -0.3 is 14.6 Å². The van der Waals surface area contributed by atoms with E-state index in [-0.39, 0.29) is 0 Å². The lowest BCUT2D eigenvalue weighted by Gasteiger charge is -2.16. The monoisotopic (exact) mass is 290 g/mol. The molecule has 1 N–H and O–H groups in total. The summed E-state index contributed by atoms with van der Waals surface area (Å²) in [7, 11) is 3.20. The maximum Gasteiger partial charge on any atom is 0.124 e. The highest BCUT2D eigenvalue weighted by Crippen LogP contribution is 2.31. The highest BCUT2D eigenvalue weighted by Gasteiger charge is 2.17. The SMILES string of the molecule is CCn1nc(C)cc1CC(O)c1cc(OC)ccc1OC. The Labute approximate surface area is 125 Å². The van der Waals surface area contributed by atoms with Gasteiger partial charge in [-0.2, -0.15) is 5.10 Å². The number of aryl methyl sites for hydroxylation is 2. The van der Waals surface area contributed by atoms with Gasteiger partial charge in [0.25, 0.3) is 0 Å². The summed E-state index contributed by atoms with van der Waals surface area (Å²) in [4.78, 5) is 0. The van der Waals surface area contributed by atoms with E-state index in [1.165, 1.54) is 0 Å². The zero-order valence-corrected chi connectivity index (χ0v) is 13.0. The van der Waals surface area contributed by atoms with Gasteiger partial charge in [-0.05, 0) is 38.1 Å². The molecule has 1 heterocycles. The molecule has 1 atom stereocenters. The molecule has 2 rings (SSSR count). The highest BCUT2D eigenvalue weighted by atomic mass is 16.5. The number of nitrogens with zero attached hydrogens (tertiary/aromatic N) is 2. The van der Waals surface area contributed by atoms with Gasteiger partial charge in [0.15, 0.2) is 0 Å². The minimum Gasteiger partial charge on any atom is -0.497 e. The van der Waals surface area contributed by atoms with E-state index < -0.39 is 6.10 Å². The third-order valence-electron chi connectivity index (χ3n) is 3.48. The number of ether oxygens (including phenoxy) is 2. The molecular formula is C16H22N2O3. The van der Waals surface area contributed by atoms with Crippen LogP contribution < -0.4 is 9.47 Å². The van der Waals surface area contributed by atoms with Crippen molar-refractivity contribution in [2.75, 3.05) is 14.2 Å². The van der Waals surface area contributed by atoms with Crippen LogP contribution in [0.25, 0.3) is 0 Å². The van der Waals surface area contributed by atoms with Crippen LogP contribution in [0.2, 0.25) is 0 Å². The summed E-state index contributed by atoms with van der Waals surface area (Å²) >= 11 is 0. The van der Waals surface area contributed by atoms with Crippen molar-refractivity contribution in [1.29, 1.82) is 0 Å². The van der Waals surface area contributed by atoms with Gasteiger partial charge in [-0.15, -0.1) is 0 Å². The molecule has 0 fully saturated rings. The predicted octanol–water partition coefficient (Wildman–Crippen LogP) is 2.50. The molecule has 5 nitrogen and oxygen atoms in total. The van der Waals surface area contributed by atoms with E-state index >= 15 is 0 Å². The van der Waals surface area contributed by atoms with Crippen molar-refractivity contribution in [2.45, 2.75) is 32.9 Å². The third-order valence-corrected chi connectivity index (χ3v) is 3.48. The van der Waals surface area contributed by atoms with E-state index in [1.807, 2.05) is 36.7 Å². The molecule has 1 unspecified atom stereocenters. The van der Waals surface area contributed by atoms with Crippen LogP contribution in [0, 0.1) is 6.92 Å². The smallest absolute Gasteiger partial charge is 0.124 e. The van der Waals surface area contributed by atoms with Crippen molar-refractivity contribution in [1.82, 2.24) is 9.78 Å². The standard InChI is InChI=1S/C16H22N2O3/c1-5-18-12(8-11(2)17-18)9-15(19)14-10-13(20-3)6-7-16(14)21-4/h6-8,10,15,19H,5,9H2,1-4H3. The molecule has 1 aromatic carbocycles. The number of benzene rings is 1. The van der Waals surface area contributed by atoms with Crippen LogP contribution in [0.15, 0.2) is 24.3 Å². The number of hydrogen-bond donors (Lipinski definition) is 1. The fraction of sp³-hybridized carbons (Fsp3) is 0.438. The minimum atomic E-state index is -0.670. The van der Waals surface area contributed by atoms with E-state index in [0.717, 1.165) is 23.5 Å². The summed E-state index contributed by atoms with van der Waals surface area (Å²) in [6.45, 7) is 4.77. The summed E-state index contributed by atoms with van der Waals surface area (Å²) in [5.41, 5.74) is 2.68. The van der Waals surface area contributed by atoms with Gasteiger partial charge in [-0.25, -0.2) is 0 Å². The molecule has 0 aliphatic heterocycles. The summed E-state index contributed by atoms with van der Waals surface area (Å²) in [6.07, 6.45) is -0.186. The van der Waals surface area contributed by atoms with Crippen molar-refractivity contribution in [2.24, 2.45) is 0 Å². The van der Waals surface area contributed by atoms with Crippen LogP contribution in [-0.2, 0) is 13.0 Å². The first-order chi connectivity index (χ1) is 10.1. The minimum absolute atomic E-state index is 0.484.